The predicted molar refractivity (Wildman–Crippen MR) is 174 cm³/mol. The zero-order valence-electron chi connectivity index (χ0n) is 27.9. The molecule has 0 aromatic heterocycles. The number of amides is 4. The molecule has 0 saturated heterocycles. The minimum absolute atomic E-state index is 0.174. The first-order chi connectivity index (χ1) is 21.4. The second kappa shape index (κ2) is 17.9. The van der Waals surface area contributed by atoms with Crippen molar-refractivity contribution in [1.29, 1.82) is 0 Å². The van der Waals surface area contributed by atoms with E-state index >= 15 is 0 Å². The van der Waals surface area contributed by atoms with Crippen LogP contribution in [-0.4, -0.2) is 84.8 Å². The molecule has 6 atom stereocenters. The van der Waals surface area contributed by atoms with Crippen molar-refractivity contribution in [2.45, 2.75) is 84.5 Å². The van der Waals surface area contributed by atoms with Crippen molar-refractivity contribution in [3.63, 3.8) is 0 Å². The summed E-state index contributed by atoms with van der Waals surface area (Å²) in [7, 11) is 4.36. The summed E-state index contributed by atoms with van der Waals surface area (Å²) in [4.78, 5) is 69.6. The fourth-order valence-corrected chi connectivity index (χ4v) is 5.18. The van der Waals surface area contributed by atoms with Crippen molar-refractivity contribution in [2.75, 3.05) is 21.2 Å². The molecule has 10 heteroatoms. The zero-order valence-corrected chi connectivity index (χ0v) is 27.9. The van der Waals surface area contributed by atoms with Crippen LogP contribution in [0.2, 0.25) is 0 Å². The summed E-state index contributed by atoms with van der Waals surface area (Å²) in [5, 5.41) is 5.69. The van der Waals surface area contributed by atoms with Crippen LogP contribution in [0.15, 0.2) is 60.7 Å². The third-order valence-electron chi connectivity index (χ3n) is 8.56. The molecule has 0 aliphatic carbocycles. The third-order valence-corrected chi connectivity index (χ3v) is 8.56. The SMILES string of the molecule is CCC(C)C(NC(C)=O)C(=O)N(C)C(Cc1ccccc1)C(=O)NC(C(=O)N(C)C(Cc1ccccc1)C(=O)OC)C(C)CC. The number of benzene rings is 2. The summed E-state index contributed by atoms with van der Waals surface area (Å²) in [6.07, 6.45) is 1.65. The van der Waals surface area contributed by atoms with Gasteiger partial charge in [0.1, 0.15) is 24.2 Å². The monoisotopic (exact) mass is 622 g/mol. The van der Waals surface area contributed by atoms with Gasteiger partial charge in [-0.3, -0.25) is 19.2 Å². The summed E-state index contributed by atoms with van der Waals surface area (Å²) in [5.74, 6) is -2.71. The quantitative estimate of drug-likeness (QED) is 0.277. The van der Waals surface area contributed by atoms with E-state index in [2.05, 4.69) is 10.6 Å². The van der Waals surface area contributed by atoms with Crippen LogP contribution in [0, 0.1) is 11.8 Å². The van der Waals surface area contributed by atoms with E-state index in [-0.39, 0.29) is 30.6 Å². The van der Waals surface area contributed by atoms with E-state index in [0.29, 0.717) is 12.8 Å². The molecule has 0 spiro atoms. The summed E-state index contributed by atoms with van der Waals surface area (Å²) in [6, 6.07) is 15.0. The van der Waals surface area contributed by atoms with Gasteiger partial charge in [-0.2, -0.15) is 0 Å². The average Bonchev–Trinajstić information content (AvgIpc) is 3.05. The Balaban J connectivity index is 2.45. The lowest BCUT2D eigenvalue weighted by molar-refractivity contribution is -0.153. The van der Waals surface area contributed by atoms with Crippen LogP contribution in [-0.2, 0) is 41.6 Å². The summed E-state index contributed by atoms with van der Waals surface area (Å²) < 4.78 is 5.05. The van der Waals surface area contributed by atoms with E-state index in [1.54, 1.807) is 7.05 Å². The molecular formula is C35H50N4O6. The number of nitrogens with zero attached hydrogens (tertiary/aromatic N) is 2. The summed E-state index contributed by atoms with van der Waals surface area (Å²) in [5.41, 5.74) is 1.68. The van der Waals surface area contributed by atoms with Gasteiger partial charge in [-0.05, 0) is 23.0 Å². The van der Waals surface area contributed by atoms with E-state index in [1.165, 1.54) is 30.9 Å². The van der Waals surface area contributed by atoms with Gasteiger partial charge in [0.15, 0.2) is 0 Å². The van der Waals surface area contributed by atoms with Gasteiger partial charge in [0.05, 0.1) is 7.11 Å². The van der Waals surface area contributed by atoms with Crippen LogP contribution in [0.3, 0.4) is 0 Å². The lowest BCUT2D eigenvalue weighted by Gasteiger charge is -2.36. The number of carbonyl (C=O) groups excluding carboxylic acids is 5. The van der Waals surface area contributed by atoms with Gasteiger partial charge in [0, 0.05) is 33.9 Å². The highest BCUT2D eigenvalue weighted by Crippen LogP contribution is 2.19. The standard InChI is InChI=1S/C35H50N4O6/c1-9-23(3)30(36-25(5)40)33(42)38(6)28(21-26-17-13-11-14-18-26)32(41)37-31(24(4)10-2)34(43)39(7)29(35(44)45-8)22-27-19-15-12-16-20-27/h11-20,23-24,28-31H,9-10,21-22H2,1-8H3,(H,36,40)(H,37,41). The molecule has 0 saturated carbocycles. The molecule has 45 heavy (non-hydrogen) atoms. The van der Waals surface area contributed by atoms with Crippen LogP contribution in [0.1, 0.15) is 58.6 Å². The van der Waals surface area contributed by atoms with Crippen LogP contribution >= 0.6 is 0 Å². The van der Waals surface area contributed by atoms with Gasteiger partial charge >= 0.3 is 5.97 Å². The minimum atomic E-state index is -0.981. The number of esters is 1. The van der Waals surface area contributed by atoms with Gasteiger partial charge in [0.25, 0.3) is 0 Å². The normalized spacial score (nSPS) is 14.9. The van der Waals surface area contributed by atoms with Gasteiger partial charge in [-0.15, -0.1) is 0 Å². The first-order valence-corrected chi connectivity index (χ1v) is 15.6. The van der Waals surface area contributed by atoms with Crippen molar-refractivity contribution in [1.82, 2.24) is 20.4 Å². The lowest BCUT2D eigenvalue weighted by Crippen LogP contribution is -2.60. The third kappa shape index (κ3) is 10.4. The molecule has 0 bridgehead atoms. The minimum Gasteiger partial charge on any atom is -0.467 e. The Morgan fingerprint density at radius 1 is 0.689 bits per heavy atom. The second-order valence-corrected chi connectivity index (χ2v) is 11.8. The highest BCUT2D eigenvalue weighted by molar-refractivity contribution is 5.95. The average molecular weight is 623 g/mol. The Labute approximate surface area is 267 Å². The molecule has 2 aromatic rings. The van der Waals surface area contributed by atoms with Gasteiger partial charge in [-0.1, -0.05) is 101 Å². The molecule has 246 valence electrons. The molecule has 6 unspecified atom stereocenters. The van der Waals surface area contributed by atoms with Crippen molar-refractivity contribution in [3.8, 4) is 0 Å². The molecular weight excluding hydrogens is 572 g/mol. The van der Waals surface area contributed by atoms with Gasteiger partial charge in [0.2, 0.25) is 23.6 Å². The Hall–Kier alpha value is -4.21. The number of nitrogens with one attached hydrogen (secondary N) is 2. The van der Waals surface area contributed by atoms with Crippen molar-refractivity contribution in [3.05, 3.63) is 71.8 Å². The first kappa shape index (κ1) is 37.0. The number of hydrogen-bond donors (Lipinski definition) is 2. The highest BCUT2D eigenvalue weighted by Gasteiger charge is 2.39. The topological polar surface area (TPSA) is 125 Å². The van der Waals surface area contributed by atoms with Crippen molar-refractivity contribution < 1.29 is 28.7 Å². The van der Waals surface area contributed by atoms with Crippen molar-refractivity contribution in [2.24, 2.45) is 11.8 Å². The van der Waals surface area contributed by atoms with Crippen molar-refractivity contribution >= 4 is 29.6 Å². The van der Waals surface area contributed by atoms with Gasteiger partial charge in [-0.25, -0.2) is 4.79 Å². The van der Waals surface area contributed by atoms with Crippen LogP contribution in [0.4, 0.5) is 0 Å². The molecule has 0 fully saturated rings. The lowest BCUT2D eigenvalue weighted by atomic mass is 9.94. The summed E-state index contributed by atoms with van der Waals surface area (Å²) in [6.45, 7) is 8.94. The molecule has 2 N–H and O–H groups in total. The van der Waals surface area contributed by atoms with Crippen LogP contribution < -0.4 is 10.6 Å². The molecule has 0 aliphatic rings. The number of carbonyl (C=O) groups is 5. The molecule has 2 rings (SSSR count). The summed E-state index contributed by atoms with van der Waals surface area (Å²) >= 11 is 0. The molecule has 2 aromatic carbocycles. The van der Waals surface area contributed by atoms with E-state index in [4.69, 9.17) is 4.74 Å². The number of likely N-dealkylation sites (N-methyl/N-ethyl adjacent to an activating group) is 2. The number of ether oxygens (including phenoxy) is 1. The maximum atomic E-state index is 14.1. The Morgan fingerprint density at radius 3 is 1.49 bits per heavy atom. The largest absolute Gasteiger partial charge is 0.467 e. The van der Waals surface area contributed by atoms with Crippen LogP contribution in [0.5, 0.6) is 0 Å². The smallest absolute Gasteiger partial charge is 0.328 e. The maximum absolute atomic E-state index is 14.1. The van der Waals surface area contributed by atoms with E-state index in [0.717, 1.165) is 11.1 Å². The molecule has 0 aliphatic heterocycles. The van der Waals surface area contributed by atoms with E-state index in [9.17, 15) is 24.0 Å². The molecule has 0 radical (unpaired) electrons. The molecule has 0 heterocycles. The predicted octanol–water partition coefficient (Wildman–Crippen LogP) is 3.38. The fraction of sp³-hybridized carbons (Fsp3) is 0.514. The Kier molecular flexibility index (Phi) is 14.7. The van der Waals surface area contributed by atoms with Crippen LogP contribution in [0.25, 0.3) is 0 Å². The fourth-order valence-electron chi connectivity index (χ4n) is 5.18. The number of methoxy groups -OCH3 is 1. The second-order valence-electron chi connectivity index (χ2n) is 11.8. The molecule has 4 amide bonds. The van der Waals surface area contributed by atoms with E-state index < -0.39 is 47.9 Å². The number of rotatable bonds is 16. The zero-order chi connectivity index (χ0) is 33.7. The number of hydrogen-bond acceptors (Lipinski definition) is 6. The Bertz CT molecular complexity index is 1270. The molecule has 10 nitrogen and oxygen atoms in total. The Morgan fingerprint density at radius 2 is 1.09 bits per heavy atom. The first-order valence-electron chi connectivity index (χ1n) is 15.6. The van der Waals surface area contributed by atoms with E-state index in [1.807, 2.05) is 88.4 Å². The highest BCUT2D eigenvalue weighted by atomic mass is 16.5. The maximum Gasteiger partial charge on any atom is 0.328 e. The van der Waals surface area contributed by atoms with Gasteiger partial charge < -0.3 is 25.2 Å².